The van der Waals surface area contributed by atoms with Crippen LogP contribution in [0.1, 0.15) is 71.1 Å². The van der Waals surface area contributed by atoms with Gasteiger partial charge in [-0.15, -0.1) is 0 Å². The first-order valence-corrected chi connectivity index (χ1v) is 9.90. The van der Waals surface area contributed by atoms with Crippen LogP contribution in [-0.4, -0.2) is 40.4 Å². The summed E-state index contributed by atoms with van der Waals surface area (Å²) in [5.41, 5.74) is 0.686. The molecule has 0 radical (unpaired) electrons. The summed E-state index contributed by atoms with van der Waals surface area (Å²) in [7, 11) is 0. The second-order valence-electron chi connectivity index (χ2n) is 6.00. The van der Waals surface area contributed by atoms with Crippen LogP contribution in [-0.2, 0) is 4.79 Å². The van der Waals surface area contributed by atoms with Gasteiger partial charge in [-0.3, -0.25) is 9.69 Å². The lowest BCUT2D eigenvalue weighted by molar-refractivity contribution is -0.123. The summed E-state index contributed by atoms with van der Waals surface area (Å²) < 4.78 is 0. The molecule has 0 aliphatic carbocycles. The summed E-state index contributed by atoms with van der Waals surface area (Å²) >= 11 is 3.42. The maximum Gasteiger partial charge on any atom is 0.184 e. The van der Waals surface area contributed by atoms with Crippen molar-refractivity contribution < 1.29 is 9.90 Å². The Hall–Kier alpha value is -0.190. The zero-order valence-electron chi connectivity index (χ0n) is 14.2. The van der Waals surface area contributed by atoms with E-state index in [1.165, 1.54) is 63.9 Å². The van der Waals surface area contributed by atoms with Crippen LogP contribution in [0.2, 0.25) is 0 Å². The van der Waals surface area contributed by atoms with Crippen LogP contribution in [0.15, 0.2) is 12.7 Å². The molecule has 0 aliphatic heterocycles. The fourth-order valence-electron chi connectivity index (χ4n) is 2.49. The Labute approximate surface area is 145 Å². The number of aliphatic hydroxyl groups excluding tert-OH is 1. The van der Waals surface area contributed by atoms with Gasteiger partial charge in [0.15, 0.2) is 5.78 Å². The molecular formula is C18H34BrNO2. The minimum absolute atomic E-state index is 0.297. The maximum absolute atomic E-state index is 11.3. The minimum atomic E-state index is -0.946. The molecule has 0 saturated carbocycles. The van der Waals surface area contributed by atoms with Crippen LogP contribution in [0.25, 0.3) is 0 Å². The predicted octanol–water partition coefficient (Wildman–Crippen LogP) is 4.68. The van der Waals surface area contributed by atoms with Crippen LogP contribution in [0, 0.1) is 0 Å². The first-order valence-electron chi connectivity index (χ1n) is 8.78. The standard InChI is InChI=1S/C18H34BrNO2/c1-3-5-6-7-8-9-10-11-12-13-14-20(16-19)15-18(22)17(21)4-2/h4,18,22H,2-3,5-16H2,1H3. The molecule has 0 aromatic carbocycles. The number of aliphatic hydroxyl groups is 1. The van der Waals surface area contributed by atoms with Crippen LogP contribution in [0.5, 0.6) is 0 Å². The molecular weight excluding hydrogens is 342 g/mol. The highest BCUT2D eigenvalue weighted by Gasteiger charge is 2.15. The number of hydrogen-bond donors (Lipinski definition) is 1. The van der Waals surface area contributed by atoms with Crippen molar-refractivity contribution in [1.29, 1.82) is 0 Å². The topological polar surface area (TPSA) is 40.5 Å². The molecule has 0 fully saturated rings. The van der Waals surface area contributed by atoms with Gasteiger partial charge in [-0.1, -0.05) is 87.2 Å². The fraction of sp³-hybridized carbons (Fsp3) is 0.833. The first-order chi connectivity index (χ1) is 10.7. The maximum atomic E-state index is 11.3. The number of carbonyl (C=O) groups is 1. The van der Waals surface area contributed by atoms with Crippen molar-refractivity contribution >= 4 is 21.7 Å². The third kappa shape index (κ3) is 12.4. The van der Waals surface area contributed by atoms with Crippen LogP contribution >= 0.6 is 15.9 Å². The molecule has 0 aromatic heterocycles. The number of carbonyl (C=O) groups excluding carboxylic acids is 1. The van der Waals surface area contributed by atoms with Gasteiger partial charge >= 0.3 is 0 Å². The number of rotatable bonds is 16. The zero-order valence-corrected chi connectivity index (χ0v) is 15.8. The van der Waals surface area contributed by atoms with Crippen molar-refractivity contribution in [3.05, 3.63) is 12.7 Å². The Morgan fingerprint density at radius 2 is 1.59 bits per heavy atom. The molecule has 1 atom stereocenters. The zero-order chi connectivity index (χ0) is 16.6. The molecule has 0 aromatic rings. The number of alkyl halides is 1. The monoisotopic (exact) mass is 375 g/mol. The Kier molecular flexibility index (Phi) is 15.6. The first kappa shape index (κ1) is 21.8. The van der Waals surface area contributed by atoms with Gasteiger partial charge < -0.3 is 5.11 Å². The number of nitrogens with zero attached hydrogens (tertiary/aromatic N) is 1. The molecule has 0 bridgehead atoms. The van der Waals surface area contributed by atoms with Gasteiger partial charge in [0.2, 0.25) is 0 Å². The number of hydrogen-bond acceptors (Lipinski definition) is 3. The largest absolute Gasteiger partial charge is 0.384 e. The van der Waals surface area contributed by atoms with Crippen molar-refractivity contribution in [3.63, 3.8) is 0 Å². The highest BCUT2D eigenvalue weighted by molar-refractivity contribution is 9.09. The Morgan fingerprint density at radius 3 is 2.05 bits per heavy atom. The smallest absolute Gasteiger partial charge is 0.184 e. The molecule has 0 amide bonds. The Balaban J connectivity index is 3.51. The van der Waals surface area contributed by atoms with Crippen molar-refractivity contribution in [2.75, 3.05) is 18.5 Å². The molecule has 0 heterocycles. The normalized spacial score (nSPS) is 12.5. The summed E-state index contributed by atoms with van der Waals surface area (Å²) in [6.45, 7) is 6.96. The van der Waals surface area contributed by atoms with E-state index in [9.17, 15) is 9.90 Å². The van der Waals surface area contributed by atoms with E-state index in [1.807, 2.05) is 0 Å². The fourth-order valence-corrected chi connectivity index (χ4v) is 2.95. The average molecular weight is 376 g/mol. The molecule has 4 heteroatoms. The highest BCUT2D eigenvalue weighted by Crippen LogP contribution is 2.11. The lowest BCUT2D eigenvalue weighted by Gasteiger charge is -2.21. The van der Waals surface area contributed by atoms with E-state index >= 15 is 0 Å². The number of unbranched alkanes of at least 4 members (excludes halogenated alkanes) is 9. The number of ketones is 1. The second-order valence-corrected chi connectivity index (χ2v) is 6.50. The highest BCUT2D eigenvalue weighted by atomic mass is 79.9. The summed E-state index contributed by atoms with van der Waals surface area (Å²) in [6.07, 6.45) is 13.4. The van der Waals surface area contributed by atoms with E-state index in [1.54, 1.807) is 0 Å². The van der Waals surface area contributed by atoms with Gasteiger partial charge in [0.25, 0.3) is 0 Å². The van der Waals surface area contributed by atoms with Gasteiger partial charge in [-0.2, -0.15) is 0 Å². The molecule has 3 nitrogen and oxygen atoms in total. The van der Waals surface area contributed by atoms with Gasteiger partial charge in [-0.05, 0) is 19.0 Å². The average Bonchev–Trinajstić information content (AvgIpc) is 2.54. The molecule has 0 spiro atoms. The van der Waals surface area contributed by atoms with Crippen LogP contribution in [0.4, 0.5) is 0 Å². The molecule has 0 saturated heterocycles. The molecule has 130 valence electrons. The van der Waals surface area contributed by atoms with Crippen molar-refractivity contribution in [2.45, 2.75) is 77.2 Å². The molecule has 1 N–H and O–H groups in total. The molecule has 0 rings (SSSR count). The Morgan fingerprint density at radius 1 is 1.09 bits per heavy atom. The van der Waals surface area contributed by atoms with E-state index in [-0.39, 0.29) is 5.78 Å². The third-order valence-electron chi connectivity index (χ3n) is 3.96. The van der Waals surface area contributed by atoms with E-state index < -0.39 is 6.10 Å². The van der Waals surface area contributed by atoms with Gasteiger partial charge in [0, 0.05) is 6.54 Å². The van der Waals surface area contributed by atoms with Crippen molar-refractivity contribution in [1.82, 2.24) is 4.90 Å². The van der Waals surface area contributed by atoms with Crippen molar-refractivity contribution in [2.24, 2.45) is 0 Å². The van der Waals surface area contributed by atoms with Crippen LogP contribution < -0.4 is 0 Å². The Bertz CT molecular complexity index is 284. The van der Waals surface area contributed by atoms with Crippen molar-refractivity contribution in [3.8, 4) is 0 Å². The van der Waals surface area contributed by atoms with E-state index in [0.717, 1.165) is 13.0 Å². The predicted molar refractivity (Wildman–Crippen MR) is 98.4 cm³/mol. The van der Waals surface area contributed by atoms with Crippen LogP contribution in [0.3, 0.4) is 0 Å². The van der Waals surface area contributed by atoms with Gasteiger partial charge in [0.05, 0.1) is 5.45 Å². The lowest BCUT2D eigenvalue weighted by Crippen LogP contribution is -2.36. The van der Waals surface area contributed by atoms with Gasteiger partial charge in [-0.25, -0.2) is 0 Å². The summed E-state index contributed by atoms with van der Waals surface area (Å²) in [6, 6.07) is 0. The second kappa shape index (κ2) is 15.7. The molecule has 0 aliphatic rings. The number of halogens is 1. The summed E-state index contributed by atoms with van der Waals surface area (Å²) in [5.74, 6) is -0.297. The summed E-state index contributed by atoms with van der Waals surface area (Å²) in [5, 5.41) is 9.70. The molecule has 22 heavy (non-hydrogen) atoms. The van der Waals surface area contributed by atoms with Gasteiger partial charge in [0.1, 0.15) is 6.10 Å². The lowest BCUT2D eigenvalue weighted by atomic mass is 10.1. The van der Waals surface area contributed by atoms with E-state index in [2.05, 4.69) is 34.3 Å². The molecule has 1 unspecified atom stereocenters. The minimum Gasteiger partial charge on any atom is -0.384 e. The van der Waals surface area contributed by atoms with E-state index in [0.29, 0.717) is 12.0 Å². The quantitative estimate of drug-likeness (QED) is 0.184. The third-order valence-corrected chi connectivity index (χ3v) is 4.67. The SMILES string of the molecule is C=CC(=O)C(O)CN(CBr)CCCCCCCCCCCC. The van der Waals surface area contributed by atoms with E-state index in [4.69, 9.17) is 0 Å². The summed E-state index contributed by atoms with van der Waals surface area (Å²) in [4.78, 5) is 13.4.